The van der Waals surface area contributed by atoms with Crippen molar-refractivity contribution in [2.45, 2.75) is 64.2 Å². The average molecular weight is 412 g/mol. The molecule has 0 aliphatic heterocycles. The van der Waals surface area contributed by atoms with Gasteiger partial charge < -0.3 is 5.11 Å². The molecule has 0 radical (unpaired) electrons. The van der Waals surface area contributed by atoms with Crippen LogP contribution < -0.4 is 0 Å². The number of allylic oxidation sites excluding steroid dienone is 1. The van der Waals surface area contributed by atoms with Gasteiger partial charge in [0, 0.05) is 11.1 Å². The van der Waals surface area contributed by atoms with Crippen molar-refractivity contribution in [1.29, 1.82) is 5.26 Å². The summed E-state index contributed by atoms with van der Waals surface area (Å²) < 4.78 is 25.9. The second-order valence-electron chi connectivity index (χ2n) is 9.40. The highest BCUT2D eigenvalue weighted by Crippen LogP contribution is 2.40. The number of benzene rings is 2. The lowest BCUT2D eigenvalue weighted by molar-refractivity contribution is 0.423. The second-order valence-corrected chi connectivity index (χ2v) is 11.3. The Kier molecular flexibility index (Phi) is 6.02. The maximum Gasteiger partial charge on any atom is 0.216 e. The maximum atomic E-state index is 13.0. The fourth-order valence-electron chi connectivity index (χ4n) is 3.05. The number of aromatic hydroxyl groups is 1. The van der Waals surface area contributed by atoms with Gasteiger partial charge in [-0.25, -0.2) is 8.42 Å². The van der Waals surface area contributed by atoms with E-state index in [4.69, 9.17) is 0 Å². The van der Waals surface area contributed by atoms with Crippen LogP contribution in [0.25, 0.3) is 6.08 Å². The van der Waals surface area contributed by atoms with Crippen LogP contribution in [0.2, 0.25) is 0 Å². The van der Waals surface area contributed by atoms with Crippen LogP contribution in [0.3, 0.4) is 0 Å². The molecule has 2 aromatic rings. The molecule has 0 saturated carbocycles. The van der Waals surface area contributed by atoms with Crippen LogP contribution >= 0.6 is 0 Å². The highest BCUT2D eigenvalue weighted by Gasteiger charge is 2.27. The highest BCUT2D eigenvalue weighted by atomic mass is 32.2. The first-order valence-electron chi connectivity index (χ1n) is 9.49. The molecule has 154 valence electrons. The molecule has 5 heteroatoms. The van der Waals surface area contributed by atoms with Crippen molar-refractivity contribution < 1.29 is 13.5 Å². The van der Waals surface area contributed by atoms with Crippen molar-refractivity contribution in [2.24, 2.45) is 0 Å². The number of aryl methyl sites for hydroxylation is 1. The molecule has 2 aromatic carbocycles. The number of nitriles is 1. The number of hydrogen-bond donors (Lipinski definition) is 1. The Morgan fingerprint density at radius 1 is 0.966 bits per heavy atom. The van der Waals surface area contributed by atoms with Gasteiger partial charge in [-0.05, 0) is 53.7 Å². The number of nitrogens with zero attached hydrogens (tertiary/aromatic N) is 1. The van der Waals surface area contributed by atoms with Crippen molar-refractivity contribution in [1.82, 2.24) is 0 Å². The summed E-state index contributed by atoms with van der Waals surface area (Å²) >= 11 is 0. The Balaban J connectivity index is 2.73. The van der Waals surface area contributed by atoms with Gasteiger partial charge in [-0.1, -0.05) is 59.2 Å². The topological polar surface area (TPSA) is 78.2 Å². The van der Waals surface area contributed by atoms with Crippen molar-refractivity contribution in [3.8, 4) is 11.8 Å². The van der Waals surface area contributed by atoms with Crippen molar-refractivity contribution in [3.05, 3.63) is 63.6 Å². The summed E-state index contributed by atoms with van der Waals surface area (Å²) in [5, 5.41) is 20.4. The van der Waals surface area contributed by atoms with E-state index >= 15 is 0 Å². The molecule has 0 atom stereocenters. The highest BCUT2D eigenvalue weighted by molar-refractivity contribution is 7.95. The zero-order chi connectivity index (χ0) is 22.2. The lowest BCUT2D eigenvalue weighted by Crippen LogP contribution is -2.17. The smallest absolute Gasteiger partial charge is 0.216 e. The summed E-state index contributed by atoms with van der Waals surface area (Å²) in [5.41, 5.74) is 2.23. The number of rotatable bonds is 3. The minimum absolute atomic E-state index is 0.0850. The van der Waals surface area contributed by atoms with E-state index in [1.165, 1.54) is 18.2 Å². The molecule has 0 aliphatic rings. The summed E-state index contributed by atoms with van der Waals surface area (Å²) in [6.07, 6.45) is 1.39. The van der Waals surface area contributed by atoms with Crippen molar-refractivity contribution in [2.75, 3.05) is 0 Å². The van der Waals surface area contributed by atoms with Gasteiger partial charge in [-0.2, -0.15) is 5.26 Å². The number of phenolic OH excluding ortho intramolecular Hbond substituents is 1. The first-order chi connectivity index (χ1) is 13.2. The molecular weight excluding hydrogens is 382 g/mol. The second kappa shape index (κ2) is 7.68. The largest absolute Gasteiger partial charge is 0.507 e. The summed E-state index contributed by atoms with van der Waals surface area (Å²) in [6.45, 7) is 13.8. The molecule has 0 aliphatic carbocycles. The van der Waals surface area contributed by atoms with E-state index in [-0.39, 0.29) is 26.4 Å². The molecule has 0 saturated heterocycles. The molecular formula is C24H29NO3S. The predicted molar refractivity (Wildman–Crippen MR) is 117 cm³/mol. The Bertz CT molecular complexity index is 1050. The van der Waals surface area contributed by atoms with Gasteiger partial charge in [-0.3, -0.25) is 0 Å². The zero-order valence-electron chi connectivity index (χ0n) is 18.2. The van der Waals surface area contributed by atoms with Gasteiger partial charge in [0.15, 0.2) is 0 Å². The lowest BCUT2D eigenvalue weighted by Gasteiger charge is -2.28. The van der Waals surface area contributed by atoms with E-state index in [0.717, 1.165) is 5.56 Å². The third kappa shape index (κ3) is 4.89. The Hall–Kier alpha value is -2.58. The lowest BCUT2D eigenvalue weighted by atomic mass is 9.78. The Labute approximate surface area is 174 Å². The first kappa shape index (κ1) is 22.7. The first-order valence-corrected chi connectivity index (χ1v) is 11.0. The van der Waals surface area contributed by atoms with Gasteiger partial charge >= 0.3 is 0 Å². The summed E-state index contributed by atoms with van der Waals surface area (Å²) in [4.78, 5) is -0.242. The minimum Gasteiger partial charge on any atom is -0.507 e. The molecule has 2 rings (SSSR count). The minimum atomic E-state index is -3.94. The zero-order valence-corrected chi connectivity index (χ0v) is 19.0. The molecule has 1 N–H and O–H groups in total. The van der Waals surface area contributed by atoms with Crippen LogP contribution in [0.1, 0.15) is 63.8 Å². The Morgan fingerprint density at radius 3 is 1.79 bits per heavy atom. The summed E-state index contributed by atoms with van der Waals surface area (Å²) in [5.74, 6) is 0.210. The quantitative estimate of drug-likeness (QED) is 0.664. The summed E-state index contributed by atoms with van der Waals surface area (Å²) in [7, 11) is -3.94. The van der Waals surface area contributed by atoms with Gasteiger partial charge in [0.25, 0.3) is 0 Å². The average Bonchev–Trinajstić information content (AvgIpc) is 2.58. The third-order valence-electron chi connectivity index (χ3n) is 4.78. The Morgan fingerprint density at radius 2 is 1.41 bits per heavy atom. The van der Waals surface area contributed by atoms with Crippen molar-refractivity contribution >= 4 is 15.9 Å². The van der Waals surface area contributed by atoms with E-state index in [1.807, 2.05) is 54.5 Å². The number of phenols is 1. The maximum absolute atomic E-state index is 13.0. The van der Waals surface area contributed by atoms with E-state index in [0.29, 0.717) is 16.7 Å². The fourth-order valence-corrected chi connectivity index (χ4v) is 4.21. The van der Waals surface area contributed by atoms with Crippen molar-refractivity contribution in [3.63, 3.8) is 0 Å². The molecule has 29 heavy (non-hydrogen) atoms. The molecule has 0 aromatic heterocycles. The van der Waals surface area contributed by atoms with Crippen LogP contribution in [0.4, 0.5) is 0 Å². The van der Waals surface area contributed by atoms with Gasteiger partial charge in [0.05, 0.1) is 4.90 Å². The number of sulfone groups is 1. The standard InChI is InChI=1S/C24H29NO3S/c1-16-8-10-18(11-9-16)29(27,28)19(15-25)12-17-13-20(23(2,3)4)22(26)21(14-17)24(5,6)7/h8-14,26H,1-7H3/b19-12+. The van der Waals surface area contributed by atoms with Crippen LogP contribution in [-0.4, -0.2) is 13.5 Å². The van der Waals surface area contributed by atoms with Gasteiger partial charge in [0.2, 0.25) is 9.84 Å². The molecule has 0 bridgehead atoms. The van der Waals surface area contributed by atoms with Crippen LogP contribution in [0.15, 0.2) is 46.2 Å². The van der Waals surface area contributed by atoms with Crippen LogP contribution in [0.5, 0.6) is 5.75 Å². The summed E-state index contributed by atoms with van der Waals surface area (Å²) in [6, 6.07) is 11.8. The van der Waals surface area contributed by atoms with E-state index < -0.39 is 9.84 Å². The van der Waals surface area contributed by atoms with Crippen LogP contribution in [-0.2, 0) is 20.7 Å². The fraction of sp³-hybridized carbons (Fsp3) is 0.375. The molecule has 0 spiro atoms. The third-order valence-corrected chi connectivity index (χ3v) is 6.46. The van der Waals surface area contributed by atoms with Crippen LogP contribution in [0, 0.1) is 18.3 Å². The molecule has 4 nitrogen and oxygen atoms in total. The van der Waals surface area contributed by atoms with E-state index in [2.05, 4.69) is 0 Å². The molecule has 0 fully saturated rings. The molecule has 0 amide bonds. The van der Waals surface area contributed by atoms with Gasteiger partial charge in [-0.15, -0.1) is 0 Å². The molecule has 0 heterocycles. The number of hydrogen-bond acceptors (Lipinski definition) is 4. The SMILES string of the molecule is Cc1ccc(S(=O)(=O)/C(C#N)=C/c2cc(C(C)(C)C)c(O)c(C(C)(C)C)c2)cc1. The monoisotopic (exact) mass is 411 g/mol. The molecule has 0 unspecified atom stereocenters. The van der Waals surface area contributed by atoms with E-state index in [1.54, 1.807) is 24.3 Å². The normalized spacial score (nSPS) is 13.2. The van der Waals surface area contributed by atoms with Gasteiger partial charge in [0.1, 0.15) is 16.7 Å². The predicted octanol–water partition coefficient (Wildman–Crippen LogP) is 5.63. The van der Waals surface area contributed by atoms with E-state index in [9.17, 15) is 18.8 Å².